The smallest absolute Gasteiger partial charge is 0.244 e. The lowest BCUT2D eigenvalue weighted by Gasteiger charge is -2.31. The van der Waals surface area contributed by atoms with Gasteiger partial charge in [-0.2, -0.15) is 9.57 Å². The number of ether oxygens (including phenoxy) is 1. The molecule has 2 aromatic carbocycles. The quantitative estimate of drug-likeness (QED) is 0.694. The SMILES string of the molecule is COc1ccc(C(NC(=O)C2CCN(S(=O)(=O)c3ccccc3C#N)CC2)C2CC2)cc1. The van der Waals surface area contributed by atoms with Crippen molar-refractivity contribution in [1.82, 2.24) is 9.62 Å². The minimum absolute atomic E-state index is 0.0211. The molecule has 1 saturated carbocycles. The van der Waals surface area contributed by atoms with Crippen LogP contribution < -0.4 is 10.1 Å². The van der Waals surface area contributed by atoms with Gasteiger partial charge >= 0.3 is 0 Å². The lowest BCUT2D eigenvalue weighted by molar-refractivity contribution is -0.127. The predicted octanol–water partition coefficient (Wildman–Crippen LogP) is 3.24. The normalized spacial score (nSPS) is 18.5. The van der Waals surface area contributed by atoms with Crippen molar-refractivity contribution in [3.8, 4) is 11.8 Å². The van der Waals surface area contributed by atoms with Gasteiger partial charge in [0.2, 0.25) is 15.9 Å². The van der Waals surface area contributed by atoms with E-state index in [9.17, 15) is 18.5 Å². The first-order chi connectivity index (χ1) is 15.4. The molecule has 1 N–H and O–H groups in total. The highest BCUT2D eigenvalue weighted by molar-refractivity contribution is 7.89. The first-order valence-electron chi connectivity index (χ1n) is 10.9. The van der Waals surface area contributed by atoms with Crippen LogP contribution in [0.3, 0.4) is 0 Å². The highest BCUT2D eigenvalue weighted by Crippen LogP contribution is 2.41. The molecule has 2 aliphatic rings. The number of methoxy groups -OCH3 is 1. The number of nitrogens with zero attached hydrogens (tertiary/aromatic N) is 2. The lowest BCUT2D eigenvalue weighted by atomic mass is 9.95. The van der Waals surface area contributed by atoms with Crippen LogP contribution in [0.1, 0.15) is 42.9 Å². The Hall–Kier alpha value is -2.89. The van der Waals surface area contributed by atoms with Crippen LogP contribution in [0.5, 0.6) is 5.75 Å². The summed E-state index contributed by atoms with van der Waals surface area (Å²) in [5.74, 6) is 0.968. The molecule has 1 saturated heterocycles. The van der Waals surface area contributed by atoms with E-state index in [1.165, 1.54) is 16.4 Å². The van der Waals surface area contributed by atoms with Crippen molar-refractivity contribution in [3.63, 3.8) is 0 Å². The lowest BCUT2D eigenvalue weighted by Crippen LogP contribution is -2.44. The number of hydrogen-bond acceptors (Lipinski definition) is 5. The molecule has 0 radical (unpaired) electrons. The third-order valence-corrected chi connectivity index (χ3v) is 8.27. The number of hydrogen-bond donors (Lipinski definition) is 1. The number of rotatable bonds is 7. The number of carbonyl (C=O) groups is 1. The molecule has 1 unspecified atom stereocenters. The average molecular weight is 454 g/mol. The molecule has 1 heterocycles. The Morgan fingerprint density at radius 1 is 1.09 bits per heavy atom. The van der Waals surface area contributed by atoms with Crippen LogP contribution in [-0.4, -0.2) is 38.8 Å². The van der Waals surface area contributed by atoms with Crippen molar-refractivity contribution in [3.05, 3.63) is 59.7 Å². The number of amides is 1. The van der Waals surface area contributed by atoms with E-state index in [-0.39, 0.29) is 41.4 Å². The molecular weight excluding hydrogens is 426 g/mol. The number of nitrogens with one attached hydrogen (secondary N) is 1. The fraction of sp³-hybridized carbons (Fsp3) is 0.417. The van der Waals surface area contributed by atoms with Crippen molar-refractivity contribution in [2.75, 3.05) is 20.2 Å². The zero-order chi connectivity index (χ0) is 22.7. The van der Waals surface area contributed by atoms with Crippen molar-refractivity contribution >= 4 is 15.9 Å². The molecule has 2 aromatic rings. The van der Waals surface area contributed by atoms with Gasteiger partial charge in [-0.15, -0.1) is 0 Å². The monoisotopic (exact) mass is 453 g/mol. The van der Waals surface area contributed by atoms with Gasteiger partial charge in [0.1, 0.15) is 11.8 Å². The molecule has 1 aliphatic carbocycles. The molecule has 1 atom stereocenters. The van der Waals surface area contributed by atoms with Gasteiger partial charge in [0.05, 0.1) is 23.6 Å². The number of piperidine rings is 1. The van der Waals surface area contributed by atoms with Crippen LogP contribution in [-0.2, 0) is 14.8 Å². The van der Waals surface area contributed by atoms with E-state index >= 15 is 0 Å². The standard InChI is InChI=1S/C24H27N3O4S/c1-31-21-10-8-18(9-11-21)23(17-6-7-17)26-24(28)19-12-14-27(15-13-19)32(29,30)22-5-3-2-4-20(22)16-25/h2-5,8-11,17,19,23H,6-7,12-15H2,1H3,(H,26,28). The van der Waals surface area contributed by atoms with Crippen LogP contribution in [0.2, 0.25) is 0 Å². The maximum Gasteiger partial charge on any atom is 0.244 e. The highest BCUT2D eigenvalue weighted by atomic mass is 32.2. The summed E-state index contributed by atoms with van der Waals surface area (Å²) in [5.41, 5.74) is 1.20. The molecule has 32 heavy (non-hydrogen) atoms. The Morgan fingerprint density at radius 3 is 2.34 bits per heavy atom. The Kier molecular flexibility index (Phi) is 6.49. The molecule has 1 aliphatic heterocycles. The number of benzene rings is 2. The minimum atomic E-state index is -3.76. The summed E-state index contributed by atoms with van der Waals surface area (Å²) in [6.07, 6.45) is 3.09. The Morgan fingerprint density at radius 2 is 1.75 bits per heavy atom. The molecule has 4 rings (SSSR count). The van der Waals surface area contributed by atoms with E-state index in [1.54, 1.807) is 19.2 Å². The zero-order valence-corrected chi connectivity index (χ0v) is 18.8. The third kappa shape index (κ3) is 4.64. The predicted molar refractivity (Wildman–Crippen MR) is 119 cm³/mol. The van der Waals surface area contributed by atoms with Crippen LogP contribution in [0.25, 0.3) is 0 Å². The second kappa shape index (κ2) is 9.31. The van der Waals surface area contributed by atoms with E-state index in [4.69, 9.17) is 4.74 Å². The summed E-state index contributed by atoms with van der Waals surface area (Å²) in [7, 11) is -2.14. The molecular formula is C24H27N3O4S. The first kappa shape index (κ1) is 22.3. The highest BCUT2D eigenvalue weighted by Gasteiger charge is 2.37. The van der Waals surface area contributed by atoms with E-state index in [0.29, 0.717) is 18.8 Å². The van der Waals surface area contributed by atoms with Crippen molar-refractivity contribution in [1.29, 1.82) is 5.26 Å². The summed E-state index contributed by atoms with van der Waals surface area (Å²) >= 11 is 0. The van der Waals surface area contributed by atoms with Crippen molar-refractivity contribution in [2.45, 2.75) is 36.6 Å². The van der Waals surface area contributed by atoms with Crippen LogP contribution in [0.4, 0.5) is 0 Å². The summed E-state index contributed by atoms with van der Waals surface area (Å²) in [4.78, 5) is 13.0. The third-order valence-electron chi connectivity index (χ3n) is 6.32. The maximum atomic E-state index is 13.0. The van der Waals surface area contributed by atoms with Gasteiger partial charge in [-0.3, -0.25) is 4.79 Å². The number of carbonyl (C=O) groups excluding carboxylic acids is 1. The average Bonchev–Trinajstić information content (AvgIpc) is 3.68. The van der Waals surface area contributed by atoms with Gasteiger partial charge in [-0.1, -0.05) is 24.3 Å². The van der Waals surface area contributed by atoms with Crippen molar-refractivity contribution in [2.24, 2.45) is 11.8 Å². The van der Waals surface area contributed by atoms with Gasteiger partial charge < -0.3 is 10.1 Å². The Bertz CT molecular complexity index is 1110. The summed E-state index contributed by atoms with van der Waals surface area (Å²) in [6.45, 7) is 0.521. The molecule has 8 heteroatoms. The Labute approximate surface area is 189 Å². The molecule has 0 bridgehead atoms. The Balaban J connectivity index is 1.40. The number of sulfonamides is 1. The molecule has 0 spiro atoms. The minimum Gasteiger partial charge on any atom is -0.497 e. The molecule has 0 aromatic heterocycles. The second-order valence-electron chi connectivity index (χ2n) is 8.38. The molecule has 1 amide bonds. The summed E-state index contributed by atoms with van der Waals surface area (Å²) in [6, 6.07) is 15.9. The molecule has 168 valence electrons. The maximum absolute atomic E-state index is 13.0. The zero-order valence-electron chi connectivity index (χ0n) is 18.0. The summed E-state index contributed by atoms with van der Waals surface area (Å²) < 4.78 is 32.7. The largest absolute Gasteiger partial charge is 0.497 e. The topological polar surface area (TPSA) is 99.5 Å². The van der Waals surface area contributed by atoms with Gasteiger partial charge in [0, 0.05) is 19.0 Å². The second-order valence-corrected chi connectivity index (χ2v) is 10.3. The number of nitriles is 1. The first-order valence-corrected chi connectivity index (χ1v) is 12.3. The van der Waals surface area contributed by atoms with Crippen LogP contribution >= 0.6 is 0 Å². The summed E-state index contributed by atoms with van der Waals surface area (Å²) in [5, 5.41) is 12.5. The van der Waals surface area contributed by atoms with E-state index < -0.39 is 10.0 Å². The van der Waals surface area contributed by atoms with E-state index in [2.05, 4.69) is 5.32 Å². The van der Waals surface area contributed by atoms with Crippen molar-refractivity contribution < 1.29 is 17.9 Å². The fourth-order valence-electron chi connectivity index (χ4n) is 4.27. The van der Waals surface area contributed by atoms with Crippen LogP contribution in [0.15, 0.2) is 53.4 Å². The van der Waals surface area contributed by atoms with Gasteiger partial charge in [0.25, 0.3) is 0 Å². The van der Waals surface area contributed by atoms with Gasteiger partial charge in [-0.25, -0.2) is 8.42 Å². The van der Waals surface area contributed by atoms with Crippen LogP contribution in [0, 0.1) is 23.2 Å². The van der Waals surface area contributed by atoms with Gasteiger partial charge in [0.15, 0.2) is 0 Å². The van der Waals surface area contributed by atoms with Gasteiger partial charge in [-0.05, 0) is 61.4 Å². The molecule has 2 fully saturated rings. The fourth-order valence-corrected chi connectivity index (χ4v) is 5.88. The molecule has 7 nitrogen and oxygen atoms in total. The van der Waals surface area contributed by atoms with E-state index in [0.717, 1.165) is 24.2 Å². The van der Waals surface area contributed by atoms with E-state index in [1.807, 2.05) is 30.3 Å².